The van der Waals surface area contributed by atoms with Crippen LogP contribution in [0.4, 0.5) is 4.79 Å². The normalized spacial score (nSPS) is 11.9. The molecule has 0 aromatic carbocycles. The summed E-state index contributed by atoms with van der Waals surface area (Å²) in [5.74, 6) is -0.647. The Morgan fingerprint density at radius 1 is 1.47 bits per heavy atom. The first-order chi connectivity index (χ1) is 7.97. The summed E-state index contributed by atoms with van der Waals surface area (Å²) in [6.45, 7) is 3.44. The molecule has 6 heteroatoms. The Balaban J connectivity index is 3.71. The van der Waals surface area contributed by atoms with Crippen LogP contribution < -0.4 is 5.32 Å². The fourth-order valence-electron chi connectivity index (χ4n) is 1.20. The molecule has 0 radical (unpaired) electrons. The van der Waals surface area contributed by atoms with Crippen LogP contribution in [-0.2, 0) is 9.53 Å². The van der Waals surface area contributed by atoms with E-state index in [0.717, 1.165) is 0 Å². The third-order valence-electron chi connectivity index (χ3n) is 2.43. The molecule has 0 aliphatic rings. The molecule has 0 aliphatic heterocycles. The quantitative estimate of drug-likeness (QED) is 0.663. The van der Waals surface area contributed by atoms with Crippen molar-refractivity contribution in [3.8, 4) is 0 Å². The molecule has 0 aliphatic carbocycles. The molecular formula is C11H22N2O4. The van der Waals surface area contributed by atoms with Gasteiger partial charge in [0.15, 0.2) is 0 Å². The Hall–Kier alpha value is -1.30. The lowest BCUT2D eigenvalue weighted by molar-refractivity contribution is -0.137. The van der Waals surface area contributed by atoms with Gasteiger partial charge in [-0.05, 0) is 12.3 Å². The maximum atomic E-state index is 11.5. The van der Waals surface area contributed by atoms with E-state index < -0.39 is 5.97 Å². The van der Waals surface area contributed by atoms with Crippen molar-refractivity contribution in [3.63, 3.8) is 0 Å². The van der Waals surface area contributed by atoms with Crippen LogP contribution in [0, 0.1) is 5.92 Å². The number of carbonyl (C=O) groups is 2. The molecule has 0 aromatic rings. The third kappa shape index (κ3) is 8.50. The van der Waals surface area contributed by atoms with Crippen LogP contribution in [0.1, 0.15) is 19.8 Å². The van der Waals surface area contributed by atoms with Gasteiger partial charge in [0.1, 0.15) is 0 Å². The molecule has 0 heterocycles. The number of amides is 2. The van der Waals surface area contributed by atoms with Crippen molar-refractivity contribution in [2.24, 2.45) is 5.92 Å². The number of rotatable bonds is 8. The molecule has 0 spiro atoms. The number of carboxylic acid groups (broad SMARTS) is 1. The minimum atomic E-state index is -0.805. The number of urea groups is 1. The number of hydrogen-bond donors (Lipinski definition) is 2. The van der Waals surface area contributed by atoms with Gasteiger partial charge >= 0.3 is 12.0 Å². The van der Waals surface area contributed by atoms with Crippen LogP contribution in [0.5, 0.6) is 0 Å². The van der Waals surface area contributed by atoms with Crippen LogP contribution in [0.3, 0.4) is 0 Å². The third-order valence-corrected chi connectivity index (χ3v) is 2.43. The number of carboxylic acids is 1. The van der Waals surface area contributed by atoms with Crippen molar-refractivity contribution in [3.05, 3.63) is 0 Å². The van der Waals surface area contributed by atoms with Gasteiger partial charge < -0.3 is 20.1 Å². The Kier molecular flexibility index (Phi) is 8.13. The first-order valence-corrected chi connectivity index (χ1v) is 5.67. The highest BCUT2D eigenvalue weighted by atomic mass is 16.5. The lowest BCUT2D eigenvalue weighted by Crippen LogP contribution is -2.40. The van der Waals surface area contributed by atoms with Crippen LogP contribution >= 0.6 is 0 Å². The van der Waals surface area contributed by atoms with E-state index in [-0.39, 0.29) is 18.4 Å². The zero-order valence-corrected chi connectivity index (χ0v) is 10.7. The van der Waals surface area contributed by atoms with Crippen LogP contribution in [0.15, 0.2) is 0 Å². The molecule has 17 heavy (non-hydrogen) atoms. The molecule has 0 rings (SSSR count). The van der Waals surface area contributed by atoms with E-state index in [2.05, 4.69) is 5.32 Å². The predicted octanol–water partition coefficient (Wildman–Crippen LogP) is 0.775. The van der Waals surface area contributed by atoms with Crippen LogP contribution in [0.25, 0.3) is 0 Å². The monoisotopic (exact) mass is 246 g/mol. The van der Waals surface area contributed by atoms with Crippen molar-refractivity contribution in [1.29, 1.82) is 0 Å². The van der Waals surface area contributed by atoms with Crippen LogP contribution in [-0.4, -0.2) is 55.9 Å². The Morgan fingerprint density at radius 3 is 2.65 bits per heavy atom. The van der Waals surface area contributed by atoms with Crippen LogP contribution in [0.2, 0.25) is 0 Å². The summed E-state index contributed by atoms with van der Waals surface area (Å²) in [6.07, 6.45) is 0.702. The van der Waals surface area contributed by atoms with Gasteiger partial charge in [-0.2, -0.15) is 0 Å². The maximum Gasteiger partial charge on any atom is 0.317 e. The highest BCUT2D eigenvalue weighted by molar-refractivity contribution is 5.73. The van der Waals surface area contributed by atoms with Gasteiger partial charge in [-0.25, -0.2) is 4.79 Å². The fourth-order valence-corrected chi connectivity index (χ4v) is 1.20. The van der Waals surface area contributed by atoms with E-state index in [1.165, 1.54) is 4.90 Å². The second kappa shape index (κ2) is 8.81. The number of nitrogens with zero attached hydrogens (tertiary/aromatic N) is 1. The molecule has 0 bridgehead atoms. The number of ether oxygens (including phenoxy) is 1. The average molecular weight is 246 g/mol. The van der Waals surface area contributed by atoms with Crippen molar-refractivity contribution in [2.75, 3.05) is 33.9 Å². The summed E-state index contributed by atoms with van der Waals surface area (Å²) >= 11 is 0. The summed E-state index contributed by atoms with van der Waals surface area (Å²) in [4.78, 5) is 23.4. The highest BCUT2D eigenvalue weighted by Crippen LogP contribution is 2.03. The lowest BCUT2D eigenvalue weighted by atomic mass is 10.1. The van der Waals surface area contributed by atoms with Crippen molar-refractivity contribution >= 4 is 12.0 Å². The number of methoxy groups -OCH3 is 1. The Labute approximate surface area is 102 Å². The van der Waals surface area contributed by atoms with E-state index in [1.54, 1.807) is 14.2 Å². The molecule has 0 saturated carbocycles. The minimum Gasteiger partial charge on any atom is -0.481 e. The highest BCUT2D eigenvalue weighted by Gasteiger charge is 2.10. The summed E-state index contributed by atoms with van der Waals surface area (Å²) in [7, 11) is 3.27. The van der Waals surface area contributed by atoms with Gasteiger partial charge in [0.05, 0.1) is 6.61 Å². The van der Waals surface area contributed by atoms with Gasteiger partial charge in [-0.15, -0.1) is 0 Å². The maximum absolute atomic E-state index is 11.5. The second-order valence-corrected chi connectivity index (χ2v) is 4.14. The number of likely N-dealkylation sites (N-methyl/N-ethyl adjacent to an activating group) is 1. The average Bonchev–Trinajstić information content (AvgIpc) is 2.30. The number of hydrogen-bond acceptors (Lipinski definition) is 3. The number of aliphatic carboxylic acids is 1. The summed E-state index contributed by atoms with van der Waals surface area (Å²) in [5.41, 5.74) is 0. The predicted molar refractivity (Wildman–Crippen MR) is 63.9 cm³/mol. The van der Waals surface area contributed by atoms with E-state index in [0.29, 0.717) is 26.1 Å². The van der Waals surface area contributed by atoms with E-state index >= 15 is 0 Å². The van der Waals surface area contributed by atoms with Crippen molar-refractivity contribution < 1.29 is 19.4 Å². The molecule has 2 N–H and O–H groups in total. The van der Waals surface area contributed by atoms with Crippen molar-refractivity contribution in [2.45, 2.75) is 19.8 Å². The van der Waals surface area contributed by atoms with Crippen molar-refractivity contribution in [1.82, 2.24) is 10.2 Å². The smallest absolute Gasteiger partial charge is 0.317 e. The topological polar surface area (TPSA) is 78.9 Å². The summed E-state index contributed by atoms with van der Waals surface area (Å²) in [5, 5.41) is 11.3. The second-order valence-electron chi connectivity index (χ2n) is 4.14. The number of nitrogens with one attached hydrogen (secondary N) is 1. The molecular weight excluding hydrogens is 224 g/mol. The minimum absolute atomic E-state index is 0.135. The summed E-state index contributed by atoms with van der Waals surface area (Å²) < 4.78 is 4.87. The first kappa shape index (κ1) is 15.7. The van der Waals surface area contributed by atoms with E-state index in [9.17, 15) is 9.59 Å². The SMILES string of the molecule is COCCN(C)C(=O)NCC(C)CCC(=O)O. The first-order valence-electron chi connectivity index (χ1n) is 5.67. The van der Waals surface area contributed by atoms with Gasteiger partial charge in [-0.1, -0.05) is 6.92 Å². The Morgan fingerprint density at radius 2 is 2.12 bits per heavy atom. The van der Waals surface area contributed by atoms with Gasteiger partial charge in [0.2, 0.25) is 0 Å². The van der Waals surface area contributed by atoms with E-state index in [4.69, 9.17) is 9.84 Å². The van der Waals surface area contributed by atoms with Gasteiger partial charge in [-0.3, -0.25) is 4.79 Å². The van der Waals surface area contributed by atoms with Gasteiger partial charge in [0.25, 0.3) is 0 Å². The van der Waals surface area contributed by atoms with Gasteiger partial charge in [0, 0.05) is 33.7 Å². The lowest BCUT2D eigenvalue weighted by Gasteiger charge is -2.19. The van der Waals surface area contributed by atoms with E-state index in [1.807, 2.05) is 6.92 Å². The molecule has 2 amide bonds. The largest absolute Gasteiger partial charge is 0.481 e. The zero-order chi connectivity index (χ0) is 13.3. The molecule has 1 atom stereocenters. The Bertz CT molecular complexity index is 246. The zero-order valence-electron chi connectivity index (χ0n) is 10.7. The molecule has 100 valence electrons. The molecule has 0 fully saturated rings. The molecule has 6 nitrogen and oxygen atoms in total. The number of carbonyl (C=O) groups excluding carboxylic acids is 1. The fraction of sp³-hybridized carbons (Fsp3) is 0.818. The standard InChI is InChI=1S/C11H22N2O4/c1-9(4-5-10(14)15)8-12-11(16)13(2)6-7-17-3/h9H,4-8H2,1-3H3,(H,12,16)(H,14,15). The molecule has 0 aromatic heterocycles. The molecule has 0 saturated heterocycles. The molecule has 1 unspecified atom stereocenters. The summed E-state index contributed by atoms with van der Waals surface area (Å²) in [6, 6.07) is -0.163.